The van der Waals surface area contributed by atoms with E-state index in [0.717, 1.165) is 11.5 Å². The number of carboxylic acid groups (broad SMARTS) is 1. The van der Waals surface area contributed by atoms with E-state index < -0.39 is 5.97 Å². The number of carbonyl (C=O) groups is 2. The third-order valence-electron chi connectivity index (χ3n) is 2.68. The number of aromatic carboxylic acids is 1. The number of nitrogens with one attached hydrogen (secondary N) is 2. The minimum absolute atomic E-state index is 0.249. The Balaban J connectivity index is 1.84. The van der Waals surface area contributed by atoms with E-state index in [1.807, 2.05) is 0 Å². The molecule has 0 aliphatic rings. The molecule has 110 valence electrons. The van der Waals surface area contributed by atoms with Gasteiger partial charge in [0.05, 0.1) is 5.56 Å². The molecule has 21 heavy (non-hydrogen) atoms. The first kappa shape index (κ1) is 14.9. The molecule has 0 fully saturated rings. The van der Waals surface area contributed by atoms with Crippen LogP contribution in [0.3, 0.4) is 0 Å². The average molecular weight is 306 g/mol. The van der Waals surface area contributed by atoms with Crippen LogP contribution in [0.4, 0.5) is 9.93 Å². The molecule has 3 N–H and O–H groups in total. The SMILES string of the molecule is Cc1nsc(NC(=O)NCCc2ccccc2C(=O)O)n1. The van der Waals surface area contributed by atoms with Crippen LogP contribution in [0.25, 0.3) is 0 Å². The molecule has 2 aromatic rings. The van der Waals surface area contributed by atoms with Crippen LogP contribution < -0.4 is 10.6 Å². The van der Waals surface area contributed by atoms with Gasteiger partial charge in [-0.25, -0.2) is 14.6 Å². The Bertz CT molecular complexity index is 656. The number of hydrogen-bond acceptors (Lipinski definition) is 5. The fraction of sp³-hybridized carbons (Fsp3) is 0.231. The molecule has 7 nitrogen and oxygen atoms in total. The van der Waals surface area contributed by atoms with Gasteiger partial charge in [-0.2, -0.15) is 4.37 Å². The minimum atomic E-state index is -0.973. The second-order valence-corrected chi connectivity index (χ2v) is 4.99. The standard InChI is InChI=1S/C13H14N4O3S/c1-8-15-13(21-17-8)16-12(20)14-7-6-9-4-2-3-5-10(9)11(18)19/h2-5H,6-7H2,1H3,(H,18,19)(H2,14,15,16,17,20). The zero-order chi connectivity index (χ0) is 15.2. The average Bonchev–Trinajstić information content (AvgIpc) is 2.84. The largest absolute Gasteiger partial charge is 0.478 e. The van der Waals surface area contributed by atoms with E-state index in [4.69, 9.17) is 5.11 Å². The van der Waals surface area contributed by atoms with Crippen molar-refractivity contribution in [2.24, 2.45) is 0 Å². The number of amides is 2. The van der Waals surface area contributed by atoms with Crippen LogP contribution in [0.5, 0.6) is 0 Å². The Morgan fingerprint density at radius 3 is 2.76 bits per heavy atom. The number of carboxylic acids is 1. The number of anilines is 1. The van der Waals surface area contributed by atoms with Gasteiger partial charge in [0.2, 0.25) is 5.13 Å². The normalized spacial score (nSPS) is 10.1. The second-order valence-electron chi connectivity index (χ2n) is 4.24. The van der Waals surface area contributed by atoms with Gasteiger partial charge >= 0.3 is 12.0 Å². The molecule has 0 atom stereocenters. The number of carbonyl (C=O) groups excluding carboxylic acids is 1. The van der Waals surface area contributed by atoms with Crippen molar-refractivity contribution in [3.63, 3.8) is 0 Å². The molecule has 1 aromatic heterocycles. The molecular weight excluding hydrogens is 292 g/mol. The van der Waals surface area contributed by atoms with Crippen LogP contribution >= 0.6 is 11.5 Å². The van der Waals surface area contributed by atoms with Gasteiger partial charge in [0.25, 0.3) is 0 Å². The first-order chi connectivity index (χ1) is 10.1. The van der Waals surface area contributed by atoms with E-state index in [1.165, 1.54) is 0 Å². The summed E-state index contributed by atoms with van der Waals surface area (Å²) in [5, 5.41) is 14.7. The van der Waals surface area contributed by atoms with Gasteiger partial charge in [-0.05, 0) is 25.0 Å². The monoisotopic (exact) mass is 306 g/mol. The van der Waals surface area contributed by atoms with Gasteiger partial charge in [-0.3, -0.25) is 5.32 Å². The molecule has 1 aromatic carbocycles. The Morgan fingerprint density at radius 2 is 2.10 bits per heavy atom. The number of benzene rings is 1. The van der Waals surface area contributed by atoms with Crippen molar-refractivity contribution >= 4 is 28.7 Å². The first-order valence-corrected chi connectivity index (χ1v) is 7.00. The number of aryl methyl sites for hydroxylation is 1. The summed E-state index contributed by atoms with van der Waals surface area (Å²) in [5.41, 5.74) is 0.927. The van der Waals surface area contributed by atoms with Crippen LogP contribution in [0, 0.1) is 6.92 Å². The molecule has 0 bridgehead atoms. The third-order valence-corrected chi connectivity index (χ3v) is 3.40. The molecule has 0 radical (unpaired) electrons. The first-order valence-electron chi connectivity index (χ1n) is 6.22. The highest BCUT2D eigenvalue weighted by Crippen LogP contribution is 2.10. The van der Waals surface area contributed by atoms with E-state index in [2.05, 4.69) is 20.0 Å². The minimum Gasteiger partial charge on any atom is -0.478 e. The van der Waals surface area contributed by atoms with Crippen molar-refractivity contribution in [3.8, 4) is 0 Å². The lowest BCUT2D eigenvalue weighted by atomic mass is 10.0. The van der Waals surface area contributed by atoms with Gasteiger partial charge in [-0.1, -0.05) is 18.2 Å². The highest BCUT2D eigenvalue weighted by molar-refractivity contribution is 7.09. The van der Waals surface area contributed by atoms with Crippen molar-refractivity contribution in [3.05, 3.63) is 41.2 Å². The van der Waals surface area contributed by atoms with E-state index in [9.17, 15) is 9.59 Å². The van der Waals surface area contributed by atoms with Crippen LogP contribution in [-0.4, -0.2) is 33.0 Å². The van der Waals surface area contributed by atoms with Crippen LogP contribution in [0.2, 0.25) is 0 Å². The summed E-state index contributed by atoms with van der Waals surface area (Å²) in [6, 6.07) is 6.33. The second kappa shape index (κ2) is 6.80. The lowest BCUT2D eigenvalue weighted by Crippen LogP contribution is -2.30. The molecule has 0 saturated carbocycles. The highest BCUT2D eigenvalue weighted by Gasteiger charge is 2.09. The van der Waals surface area contributed by atoms with Gasteiger partial charge in [-0.15, -0.1) is 0 Å². The van der Waals surface area contributed by atoms with Crippen molar-refractivity contribution in [2.75, 3.05) is 11.9 Å². The maximum atomic E-state index is 11.6. The summed E-state index contributed by atoms with van der Waals surface area (Å²) in [6.07, 6.45) is 0.436. The highest BCUT2D eigenvalue weighted by atomic mass is 32.1. The molecule has 0 unspecified atom stereocenters. The smallest absolute Gasteiger partial charge is 0.335 e. The maximum absolute atomic E-state index is 11.6. The molecular formula is C13H14N4O3S. The van der Waals surface area contributed by atoms with Crippen LogP contribution in [0.15, 0.2) is 24.3 Å². The number of urea groups is 1. The van der Waals surface area contributed by atoms with Crippen molar-refractivity contribution in [1.82, 2.24) is 14.7 Å². The van der Waals surface area contributed by atoms with Gasteiger partial charge in [0.15, 0.2) is 0 Å². The number of aromatic nitrogens is 2. The quantitative estimate of drug-likeness (QED) is 0.782. The summed E-state index contributed by atoms with van der Waals surface area (Å²) in [6.45, 7) is 2.07. The van der Waals surface area contributed by atoms with E-state index in [1.54, 1.807) is 31.2 Å². The molecule has 0 spiro atoms. The maximum Gasteiger partial charge on any atom is 0.335 e. The summed E-state index contributed by atoms with van der Waals surface area (Å²) < 4.78 is 3.95. The van der Waals surface area contributed by atoms with Crippen LogP contribution in [-0.2, 0) is 6.42 Å². The van der Waals surface area contributed by atoms with Gasteiger partial charge < -0.3 is 10.4 Å². The summed E-state index contributed by atoms with van der Waals surface area (Å²) in [4.78, 5) is 26.7. The molecule has 0 saturated heterocycles. The molecule has 8 heteroatoms. The lowest BCUT2D eigenvalue weighted by Gasteiger charge is -2.07. The van der Waals surface area contributed by atoms with Crippen molar-refractivity contribution < 1.29 is 14.7 Å². The summed E-state index contributed by atoms with van der Waals surface area (Å²) in [7, 11) is 0. The van der Waals surface area contributed by atoms with E-state index in [-0.39, 0.29) is 11.6 Å². The fourth-order valence-electron chi connectivity index (χ4n) is 1.75. The zero-order valence-electron chi connectivity index (χ0n) is 11.3. The predicted molar refractivity (Wildman–Crippen MR) is 78.8 cm³/mol. The number of nitrogens with zero attached hydrogens (tertiary/aromatic N) is 2. The van der Waals surface area contributed by atoms with Gasteiger partial charge in [0, 0.05) is 18.1 Å². The zero-order valence-corrected chi connectivity index (χ0v) is 12.1. The van der Waals surface area contributed by atoms with Crippen LogP contribution in [0.1, 0.15) is 21.7 Å². The fourth-order valence-corrected chi connectivity index (χ4v) is 2.32. The molecule has 0 aliphatic heterocycles. The van der Waals surface area contributed by atoms with E-state index in [0.29, 0.717) is 29.5 Å². The Labute approximate surface area is 125 Å². The predicted octanol–water partition coefficient (Wildman–Crippen LogP) is 1.91. The van der Waals surface area contributed by atoms with Gasteiger partial charge in [0.1, 0.15) is 5.82 Å². The summed E-state index contributed by atoms with van der Waals surface area (Å²) >= 11 is 1.10. The lowest BCUT2D eigenvalue weighted by molar-refractivity contribution is 0.0695. The third kappa shape index (κ3) is 4.25. The molecule has 1 heterocycles. The van der Waals surface area contributed by atoms with Crippen molar-refractivity contribution in [2.45, 2.75) is 13.3 Å². The van der Waals surface area contributed by atoms with E-state index >= 15 is 0 Å². The number of hydrogen-bond donors (Lipinski definition) is 3. The Kier molecular flexibility index (Phi) is 4.83. The number of rotatable bonds is 5. The summed E-state index contributed by atoms with van der Waals surface area (Å²) in [5.74, 6) is -0.370. The molecule has 2 amide bonds. The Morgan fingerprint density at radius 1 is 1.33 bits per heavy atom. The van der Waals surface area contributed by atoms with Crippen molar-refractivity contribution in [1.29, 1.82) is 0 Å². The molecule has 0 aliphatic carbocycles. The topological polar surface area (TPSA) is 104 Å². The Hall–Kier alpha value is -2.48. The molecule has 2 rings (SSSR count).